The van der Waals surface area contributed by atoms with Gasteiger partial charge in [-0.1, -0.05) is 15.9 Å². The van der Waals surface area contributed by atoms with Gasteiger partial charge in [-0.15, -0.1) is 11.3 Å². The highest BCUT2D eigenvalue weighted by molar-refractivity contribution is 9.10. The van der Waals surface area contributed by atoms with Crippen molar-refractivity contribution in [3.05, 3.63) is 55.7 Å². The number of halogens is 3. The standard InChI is InChI=1S/C12H11BrF2N2S/c1-6-2-7(5-18-6)12(17-16)11-9(14)3-8(13)4-10(11)15/h2-5,12,17H,16H2,1H3. The summed E-state index contributed by atoms with van der Waals surface area (Å²) >= 11 is 4.56. The molecule has 0 aliphatic carbocycles. The van der Waals surface area contributed by atoms with Crippen LogP contribution in [-0.4, -0.2) is 0 Å². The molecule has 1 atom stereocenters. The molecule has 1 unspecified atom stereocenters. The van der Waals surface area contributed by atoms with Crippen LogP contribution in [0.15, 0.2) is 28.1 Å². The van der Waals surface area contributed by atoms with Gasteiger partial charge < -0.3 is 0 Å². The van der Waals surface area contributed by atoms with Crippen LogP contribution in [0.3, 0.4) is 0 Å². The maximum Gasteiger partial charge on any atom is 0.132 e. The first kappa shape index (κ1) is 13.6. The van der Waals surface area contributed by atoms with E-state index in [0.29, 0.717) is 4.47 Å². The zero-order chi connectivity index (χ0) is 13.3. The summed E-state index contributed by atoms with van der Waals surface area (Å²) in [5.41, 5.74) is 3.14. The summed E-state index contributed by atoms with van der Waals surface area (Å²) in [6.07, 6.45) is 0. The molecule has 1 heterocycles. The lowest BCUT2D eigenvalue weighted by Crippen LogP contribution is -2.30. The third-order valence-corrected chi connectivity index (χ3v) is 3.92. The van der Waals surface area contributed by atoms with Crippen molar-refractivity contribution in [1.29, 1.82) is 0 Å². The van der Waals surface area contributed by atoms with Gasteiger partial charge in [-0.05, 0) is 36.1 Å². The quantitative estimate of drug-likeness (QED) is 0.665. The molecule has 0 amide bonds. The van der Waals surface area contributed by atoms with Crippen molar-refractivity contribution in [1.82, 2.24) is 5.43 Å². The van der Waals surface area contributed by atoms with Gasteiger partial charge in [0, 0.05) is 14.9 Å². The van der Waals surface area contributed by atoms with Crippen LogP contribution in [-0.2, 0) is 0 Å². The fourth-order valence-electron chi connectivity index (χ4n) is 1.79. The Kier molecular flexibility index (Phi) is 4.11. The van der Waals surface area contributed by atoms with Crippen LogP contribution in [0.5, 0.6) is 0 Å². The maximum absolute atomic E-state index is 13.9. The van der Waals surface area contributed by atoms with Crippen molar-refractivity contribution in [3.8, 4) is 0 Å². The Labute approximate surface area is 116 Å². The minimum Gasteiger partial charge on any atom is -0.271 e. The molecule has 96 valence electrons. The molecule has 0 radical (unpaired) electrons. The molecular weight excluding hydrogens is 322 g/mol. The van der Waals surface area contributed by atoms with E-state index in [1.165, 1.54) is 23.5 Å². The van der Waals surface area contributed by atoms with Crippen molar-refractivity contribution in [2.24, 2.45) is 5.84 Å². The van der Waals surface area contributed by atoms with E-state index in [-0.39, 0.29) is 5.56 Å². The Balaban J connectivity index is 2.51. The van der Waals surface area contributed by atoms with Crippen LogP contribution in [0.4, 0.5) is 8.78 Å². The summed E-state index contributed by atoms with van der Waals surface area (Å²) < 4.78 is 28.1. The van der Waals surface area contributed by atoms with E-state index in [9.17, 15) is 8.78 Å². The maximum atomic E-state index is 13.9. The normalized spacial score (nSPS) is 12.7. The fourth-order valence-corrected chi connectivity index (χ4v) is 2.92. The third kappa shape index (κ3) is 2.61. The number of hydrazine groups is 1. The van der Waals surface area contributed by atoms with Gasteiger partial charge in [0.25, 0.3) is 0 Å². The third-order valence-electron chi connectivity index (χ3n) is 2.58. The Morgan fingerprint density at radius 3 is 2.33 bits per heavy atom. The molecule has 18 heavy (non-hydrogen) atoms. The van der Waals surface area contributed by atoms with Gasteiger partial charge in [-0.3, -0.25) is 5.84 Å². The van der Waals surface area contributed by atoms with Crippen LogP contribution < -0.4 is 11.3 Å². The van der Waals surface area contributed by atoms with E-state index in [1.54, 1.807) is 0 Å². The fraction of sp³-hybridized carbons (Fsp3) is 0.167. The molecule has 1 aromatic heterocycles. The molecule has 0 bridgehead atoms. The van der Waals surface area contributed by atoms with Gasteiger partial charge >= 0.3 is 0 Å². The molecular formula is C12H11BrF2N2S. The SMILES string of the molecule is Cc1cc(C(NN)c2c(F)cc(Br)cc2F)cs1. The lowest BCUT2D eigenvalue weighted by molar-refractivity contribution is 0.510. The average molecular weight is 333 g/mol. The number of aryl methyl sites for hydroxylation is 1. The molecule has 0 spiro atoms. The predicted octanol–water partition coefficient (Wildman–Crippen LogP) is 3.65. The second-order valence-electron chi connectivity index (χ2n) is 3.87. The summed E-state index contributed by atoms with van der Waals surface area (Å²) in [7, 11) is 0. The highest BCUT2D eigenvalue weighted by atomic mass is 79.9. The zero-order valence-corrected chi connectivity index (χ0v) is 11.9. The average Bonchev–Trinajstić information content (AvgIpc) is 2.69. The zero-order valence-electron chi connectivity index (χ0n) is 9.51. The van der Waals surface area contributed by atoms with Gasteiger partial charge in [0.1, 0.15) is 11.6 Å². The number of hydrogen-bond acceptors (Lipinski definition) is 3. The van der Waals surface area contributed by atoms with E-state index < -0.39 is 17.7 Å². The Hall–Kier alpha value is -0.820. The molecule has 0 saturated heterocycles. The summed E-state index contributed by atoms with van der Waals surface area (Å²) in [6, 6.07) is 3.61. The Morgan fingerprint density at radius 1 is 1.28 bits per heavy atom. The van der Waals surface area contributed by atoms with E-state index in [0.717, 1.165) is 10.4 Å². The minimum atomic E-state index is -0.692. The molecule has 2 rings (SSSR count). The number of hydrogen-bond donors (Lipinski definition) is 2. The summed E-state index contributed by atoms with van der Waals surface area (Å²) in [5, 5.41) is 1.83. The largest absolute Gasteiger partial charge is 0.271 e. The molecule has 1 aromatic carbocycles. The molecule has 3 N–H and O–H groups in total. The highest BCUT2D eigenvalue weighted by Crippen LogP contribution is 2.30. The van der Waals surface area contributed by atoms with Gasteiger partial charge in [0.15, 0.2) is 0 Å². The molecule has 2 aromatic rings. The topological polar surface area (TPSA) is 38.0 Å². The highest BCUT2D eigenvalue weighted by Gasteiger charge is 2.22. The van der Waals surface area contributed by atoms with Crippen molar-refractivity contribution >= 4 is 27.3 Å². The molecule has 0 aliphatic heterocycles. The molecule has 0 saturated carbocycles. The molecule has 6 heteroatoms. The second kappa shape index (κ2) is 5.44. The van der Waals surface area contributed by atoms with E-state index >= 15 is 0 Å². The first-order valence-electron chi connectivity index (χ1n) is 5.18. The van der Waals surface area contributed by atoms with Gasteiger partial charge in [-0.25, -0.2) is 14.2 Å². The van der Waals surface area contributed by atoms with Crippen molar-refractivity contribution in [3.63, 3.8) is 0 Å². The summed E-state index contributed by atoms with van der Waals surface area (Å²) in [5.74, 6) is 4.17. The summed E-state index contributed by atoms with van der Waals surface area (Å²) in [4.78, 5) is 1.06. The van der Waals surface area contributed by atoms with E-state index in [1.807, 2.05) is 18.4 Å². The molecule has 0 aliphatic rings. The lowest BCUT2D eigenvalue weighted by Gasteiger charge is -2.17. The predicted molar refractivity (Wildman–Crippen MR) is 72.3 cm³/mol. The minimum absolute atomic E-state index is 0.0708. The monoisotopic (exact) mass is 332 g/mol. The van der Waals surface area contributed by atoms with Crippen molar-refractivity contribution in [2.75, 3.05) is 0 Å². The van der Waals surface area contributed by atoms with Crippen LogP contribution in [0.1, 0.15) is 22.0 Å². The lowest BCUT2D eigenvalue weighted by atomic mass is 10.0. The van der Waals surface area contributed by atoms with Crippen molar-refractivity contribution in [2.45, 2.75) is 13.0 Å². The number of nitrogens with one attached hydrogen (secondary N) is 1. The van der Waals surface area contributed by atoms with Crippen molar-refractivity contribution < 1.29 is 8.78 Å². The van der Waals surface area contributed by atoms with Gasteiger partial charge in [0.05, 0.1) is 6.04 Å². The first-order valence-corrected chi connectivity index (χ1v) is 6.85. The summed E-state index contributed by atoms with van der Waals surface area (Å²) in [6.45, 7) is 1.93. The number of benzene rings is 1. The second-order valence-corrected chi connectivity index (χ2v) is 5.90. The van der Waals surface area contributed by atoms with E-state index in [2.05, 4.69) is 21.4 Å². The van der Waals surface area contributed by atoms with Crippen LogP contribution >= 0.6 is 27.3 Å². The Bertz CT molecular complexity index is 548. The smallest absolute Gasteiger partial charge is 0.132 e. The van der Waals surface area contributed by atoms with Crippen LogP contribution in [0.2, 0.25) is 0 Å². The Morgan fingerprint density at radius 2 is 1.89 bits per heavy atom. The van der Waals surface area contributed by atoms with Crippen LogP contribution in [0, 0.1) is 18.6 Å². The van der Waals surface area contributed by atoms with Gasteiger partial charge in [-0.2, -0.15) is 0 Å². The molecule has 0 fully saturated rings. The van der Waals surface area contributed by atoms with E-state index in [4.69, 9.17) is 5.84 Å². The van der Waals surface area contributed by atoms with Crippen LogP contribution in [0.25, 0.3) is 0 Å². The first-order chi connectivity index (χ1) is 8.52. The number of rotatable bonds is 3. The van der Waals surface area contributed by atoms with Gasteiger partial charge in [0.2, 0.25) is 0 Å². The molecule has 2 nitrogen and oxygen atoms in total. The number of nitrogens with two attached hydrogens (primary N) is 1. The number of thiophene rings is 1.